The molecule has 0 saturated carbocycles. The molecule has 1 aromatic rings. The van der Waals surface area contributed by atoms with Gasteiger partial charge in [-0.1, -0.05) is 0 Å². The van der Waals surface area contributed by atoms with Crippen LogP contribution < -0.4 is 19.9 Å². The Bertz CT molecular complexity index is 510. The normalized spacial score (nSPS) is 19.1. The van der Waals surface area contributed by atoms with E-state index in [1.54, 1.807) is 0 Å². The number of carbonyl (C=O) groups excluding carboxylic acids is 1. The van der Waals surface area contributed by atoms with Crippen LogP contribution in [0.2, 0.25) is 0 Å². The maximum atomic E-state index is 12.0. The van der Waals surface area contributed by atoms with Crippen molar-refractivity contribution in [3.8, 4) is 5.75 Å². The molecule has 1 aromatic carbocycles. The van der Waals surface area contributed by atoms with Crippen LogP contribution in [0.3, 0.4) is 0 Å². The number of amides is 1. The third kappa shape index (κ3) is 2.33. The van der Waals surface area contributed by atoms with E-state index in [1.165, 1.54) is 5.69 Å². The number of rotatable bonds is 2. The lowest BCUT2D eigenvalue weighted by molar-refractivity contribution is -0.121. The fourth-order valence-corrected chi connectivity index (χ4v) is 2.85. The molecule has 1 fully saturated rings. The number of nitrogens with zero attached hydrogens (tertiary/aromatic N) is 2. The van der Waals surface area contributed by atoms with E-state index in [2.05, 4.69) is 22.3 Å². The first-order valence-electron chi connectivity index (χ1n) is 7.21. The lowest BCUT2D eigenvalue weighted by atomic mass is 10.1. The number of hydrogen-bond donors (Lipinski definition) is 1. The van der Waals surface area contributed by atoms with Crippen molar-refractivity contribution in [2.24, 2.45) is 0 Å². The minimum Gasteiger partial charge on any atom is -0.481 e. The van der Waals surface area contributed by atoms with Crippen LogP contribution in [0.15, 0.2) is 18.2 Å². The van der Waals surface area contributed by atoms with Crippen molar-refractivity contribution < 1.29 is 9.53 Å². The van der Waals surface area contributed by atoms with Gasteiger partial charge in [0.15, 0.2) is 6.61 Å². The van der Waals surface area contributed by atoms with Gasteiger partial charge in [-0.05, 0) is 26.0 Å². The van der Waals surface area contributed by atoms with Crippen molar-refractivity contribution in [1.82, 2.24) is 5.32 Å². The van der Waals surface area contributed by atoms with E-state index in [0.29, 0.717) is 0 Å². The minimum absolute atomic E-state index is 0.0300. The second-order valence-corrected chi connectivity index (χ2v) is 5.54. The van der Waals surface area contributed by atoms with Crippen LogP contribution in [0.5, 0.6) is 5.75 Å². The second-order valence-electron chi connectivity index (χ2n) is 5.54. The van der Waals surface area contributed by atoms with Crippen LogP contribution >= 0.6 is 0 Å². The van der Waals surface area contributed by atoms with Gasteiger partial charge in [-0.2, -0.15) is 0 Å². The highest BCUT2D eigenvalue weighted by Gasteiger charge is 2.28. The Morgan fingerprint density at radius 1 is 1.25 bits per heavy atom. The Balaban J connectivity index is 1.91. The van der Waals surface area contributed by atoms with E-state index in [9.17, 15) is 4.79 Å². The summed E-state index contributed by atoms with van der Waals surface area (Å²) in [5.41, 5.74) is 2.05. The standard InChI is InChI=1S/C15H21N3O2/c1-11(2)18-13-4-3-12(17-7-5-16-6-8-17)9-14(13)20-10-15(18)19/h3-4,9,11,16H,5-8,10H2,1-2H3. The lowest BCUT2D eigenvalue weighted by Gasteiger charge is -2.34. The summed E-state index contributed by atoms with van der Waals surface area (Å²) in [4.78, 5) is 16.1. The smallest absolute Gasteiger partial charge is 0.265 e. The molecule has 1 N–H and O–H groups in total. The molecule has 0 unspecified atom stereocenters. The fourth-order valence-electron chi connectivity index (χ4n) is 2.85. The average molecular weight is 275 g/mol. The summed E-state index contributed by atoms with van der Waals surface area (Å²) in [5.74, 6) is 0.844. The highest BCUT2D eigenvalue weighted by molar-refractivity contribution is 5.98. The third-order valence-electron chi connectivity index (χ3n) is 3.82. The molecule has 0 radical (unpaired) electrons. The third-order valence-corrected chi connectivity index (χ3v) is 3.82. The summed E-state index contributed by atoms with van der Waals surface area (Å²) >= 11 is 0. The number of anilines is 2. The summed E-state index contributed by atoms with van der Waals surface area (Å²) in [6, 6.07) is 6.29. The van der Waals surface area contributed by atoms with Crippen LogP contribution in [0.4, 0.5) is 11.4 Å². The Labute approximate surface area is 119 Å². The predicted octanol–water partition coefficient (Wildman–Crippen LogP) is 1.23. The van der Waals surface area contributed by atoms with E-state index >= 15 is 0 Å². The molecule has 5 heteroatoms. The summed E-state index contributed by atoms with van der Waals surface area (Å²) in [6.45, 7) is 8.21. The van der Waals surface area contributed by atoms with Crippen molar-refractivity contribution in [3.63, 3.8) is 0 Å². The molecule has 0 bridgehead atoms. The van der Waals surface area contributed by atoms with Crippen molar-refractivity contribution in [2.45, 2.75) is 19.9 Å². The monoisotopic (exact) mass is 275 g/mol. The molecule has 1 saturated heterocycles. The van der Waals surface area contributed by atoms with Crippen LogP contribution in [0.1, 0.15) is 13.8 Å². The highest BCUT2D eigenvalue weighted by atomic mass is 16.5. The topological polar surface area (TPSA) is 44.8 Å². The van der Waals surface area contributed by atoms with Gasteiger partial charge in [0.1, 0.15) is 5.75 Å². The summed E-state index contributed by atoms with van der Waals surface area (Å²) in [6.07, 6.45) is 0. The van der Waals surface area contributed by atoms with E-state index in [-0.39, 0.29) is 18.6 Å². The number of benzene rings is 1. The van der Waals surface area contributed by atoms with E-state index in [1.807, 2.05) is 24.8 Å². The van der Waals surface area contributed by atoms with Gasteiger partial charge >= 0.3 is 0 Å². The Morgan fingerprint density at radius 3 is 2.70 bits per heavy atom. The lowest BCUT2D eigenvalue weighted by Crippen LogP contribution is -2.44. The van der Waals surface area contributed by atoms with Crippen LogP contribution in [-0.4, -0.2) is 44.7 Å². The maximum Gasteiger partial charge on any atom is 0.265 e. The Hall–Kier alpha value is -1.75. The summed E-state index contributed by atoms with van der Waals surface area (Å²) in [7, 11) is 0. The molecule has 0 aromatic heterocycles. The fraction of sp³-hybridized carbons (Fsp3) is 0.533. The molecule has 108 valence electrons. The molecule has 2 aliphatic rings. The van der Waals surface area contributed by atoms with Crippen LogP contribution in [0, 0.1) is 0 Å². The molecule has 0 atom stereocenters. The number of hydrogen-bond acceptors (Lipinski definition) is 4. The average Bonchev–Trinajstić information content (AvgIpc) is 2.47. The number of fused-ring (bicyclic) bond motifs is 1. The van der Waals surface area contributed by atoms with Crippen molar-refractivity contribution in [2.75, 3.05) is 42.6 Å². The first kappa shape index (κ1) is 13.2. The number of carbonyl (C=O) groups is 1. The van der Waals surface area contributed by atoms with Crippen molar-refractivity contribution in [1.29, 1.82) is 0 Å². The number of piperazine rings is 1. The predicted molar refractivity (Wildman–Crippen MR) is 79.6 cm³/mol. The molecule has 2 aliphatic heterocycles. The number of ether oxygens (including phenoxy) is 1. The van der Waals surface area contributed by atoms with E-state index in [4.69, 9.17) is 4.74 Å². The summed E-state index contributed by atoms with van der Waals surface area (Å²) in [5, 5.41) is 3.35. The molecule has 20 heavy (non-hydrogen) atoms. The van der Waals surface area contributed by atoms with E-state index in [0.717, 1.165) is 37.6 Å². The van der Waals surface area contributed by atoms with Gasteiger partial charge in [-0.3, -0.25) is 4.79 Å². The van der Waals surface area contributed by atoms with E-state index < -0.39 is 0 Å². The molecular formula is C15H21N3O2. The van der Waals surface area contributed by atoms with Crippen LogP contribution in [-0.2, 0) is 4.79 Å². The van der Waals surface area contributed by atoms with Gasteiger partial charge in [0.2, 0.25) is 0 Å². The Morgan fingerprint density at radius 2 is 2.00 bits per heavy atom. The highest BCUT2D eigenvalue weighted by Crippen LogP contribution is 2.36. The molecular weight excluding hydrogens is 254 g/mol. The SMILES string of the molecule is CC(C)N1C(=O)COc2cc(N3CCNCC3)ccc21. The maximum absolute atomic E-state index is 12.0. The first-order chi connectivity index (χ1) is 9.66. The van der Waals surface area contributed by atoms with Gasteiger partial charge in [-0.25, -0.2) is 0 Å². The first-order valence-corrected chi connectivity index (χ1v) is 7.21. The molecule has 0 spiro atoms. The molecule has 0 aliphatic carbocycles. The quantitative estimate of drug-likeness (QED) is 0.882. The van der Waals surface area contributed by atoms with Gasteiger partial charge in [-0.15, -0.1) is 0 Å². The molecule has 2 heterocycles. The second kappa shape index (κ2) is 5.32. The van der Waals surface area contributed by atoms with Crippen molar-refractivity contribution in [3.05, 3.63) is 18.2 Å². The molecule has 1 amide bonds. The van der Waals surface area contributed by atoms with Gasteiger partial charge in [0.05, 0.1) is 5.69 Å². The zero-order valence-corrected chi connectivity index (χ0v) is 12.1. The van der Waals surface area contributed by atoms with Crippen molar-refractivity contribution >= 4 is 17.3 Å². The van der Waals surface area contributed by atoms with Gasteiger partial charge < -0.3 is 19.9 Å². The number of nitrogens with one attached hydrogen (secondary N) is 1. The van der Waals surface area contributed by atoms with Gasteiger partial charge in [0, 0.05) is 44.0 Å². The van der Waals surface area contributed by atoms with Gasteiger partial charge in [0.25, 0.3) is 5.91 Å². The zero-order chi connectivity index (χ0) is 14.1. The minimum atomic E-state index is 0.0300. The summed E-state index contributed by atoms with van der Waals surface area (Å²) < 4.78 is 5.61. The Kier molecular flexibility index (Phi) is 3.53. The van der Waals surface area contributed by atoms with Crippen LogP contribution in [0.25, 0.3) is 0 Å². The largest absolute Gasteiger partial charge is 0.481 e. The molecule has 5 nitrogen and oxygen atoms in total. The zero-order valence-electron chi connectivity index (χ0n) is 12.1. The molecule has 3 rings (SSSR count).